The van der Waals surface area contributed by atoms with Crippen LogP contribution >= 0.6 is 0 Å². The highest BCUT2D eigenvalue weighted by Crippen LogP contribution is 2.38. The molecule has 128 valence electrons. The zero-order chi connectivity index (χ0) is 18.1. The molecule has 5 nitrogen and oxygen atoms in total. The molecule has 2 aliphatic rings. The van der Waals surface area contributed by atoms with Crippen molar-refractivity contribution in [1.29, 1.82) is 0 Å². The number of fused-ring (bicyclic) bond motifs is 5. The van der Waals surface area contributed by atoms with Crippen molar-refractivity contribution >= 4 is 22.8 Å². The summed E-state index contributed by atoms with van der Waals surface area (Å²) in [5, 5.41) is 11.9. The van der Waals surface area contributed by atoms with Crippen LogP contribution in [-0.2, 0) is 16.9 Å². The van der Waals surface area contributed by atoms with Crippen LogP contribution in [0.15, 0.2) is 47.3 Å². The normalized spacial score (nSPS) is 20.2. The van der Waals surface area contributed by atoms with E-state index in [0.29, 0.717) is 23.4 Å². The third-order valence-corrected chi connectivity index (χ3v) is 5.48. The molecule has 2 aromatic heterocycles. The molecule has 0 unspecified atom stereocenters. The first kappa shape index (κ1) is 15.2. The molecular formula is C21H16N2O3. The van der Waals surface area contributed by atoms with Crippen molar-refractivity contribution in [2.45, 2.75) is 25.5 Å². The molecule has 0 bridgehead atoms. The standard InChI is InChI=1S/C21H16N2O3/c1-2-21(26)15-10-17-19-13(9-12-5-3-4-6-16(12)22-19)11-23(17)20(25)14(15)7-8-18(21)24/h3-10,26H,2,11H2,1H3/t21-/m1/s1. The fourth-order valence-electron chi connectivity index (χ4n) is 3.99. The van der Waals surface area contributed by atoms with Crippen LogP contribution in [0.1, 0.15) is 30.0 Å². The Labute approximate surface area is 149 Å². The number of para-hydroxylation sites is 1. The van der Waals surface area contributed by atoms with Gasteiger partial charge in [0.15, 0.2) is 11.4 Å². The summed E-state index contributed by atoms with van der Waals surface area (Å²) in [4.78, 5) is 30.1. The lowest BCUT2D eigenvalue weighted by Gasteiger charge is -2.29. The number of hydrogen-bond donors (Lipinski definition) is 1. The Bertz CT molecular complexity index is 1210. The maximum absolute atomic E-state index is 13.0. The van der Waals surface area contributed by atoms with Gasteiger partial charge >= 0.3 is 0 Å². The molecular weight excluding hydrogens is 328 g/mol. The highest BCUT2D eigenvalue weighted by molar-refractivity contribution is 6.04. The molecule has 0 amide bonds. The van der Waals surface area contributed by atoms with Crippen LogP contribution in [0.3, 0.4) is 0 Å². The lowest BCUT2D eigenvalue weighted by Crippen LogP contribution is -2.39. The minimum atomic E-state index is -1.65. The highest BCUT2D eigenvalue weighted by atomic mass is 16.3. The van der Waals surface area contributed by atoms with Crippen molar-refractivity contribution in [2.75, 3.05) is 0 Å². The Morgan fingerprint density at radius 3 is 2.81 bits per heavy atom. The smallest absolute Gasteiger partial charge is 0.259 e. The highest BCUT2D eigenvalue weighted by Gasteiger charge is 2.41. The Hall–Kier alpha value is -3.05. The number of carbonyl (C=O) groups is 1. The molecule has 3 aromatic rings. The third-order valence-electron chi connectivity index (χ3n) is 5.48. The summed E-state index contributed by atoms with van der Waals surface area (Å²) in [6.07, 6.45) is 3.03. The molecule has 0 saturated heterocycles. The van der Waals surface area contributed by atoms with Gasteiger partial charge < -0.3 is 9.67 Å². The molecule has 0 saturated carbocycles. The Balaban J connectivity index is 1.83. The van der Waals surface area contributed by atoms with Crippen LogP contribution in [0, 0.1) is 0 Å². The molecule has 0 spiro atoms. The van der Waals surface area contributed by atoms with E-state index in [1.54, 1.807) is 17.6 Å². The van der Waals surface area contributed by atoms with Gasteiger partial charge in [0.1, 0.15) is 0 Å². The molecule has 1 aromatic carbocycles. The Morgan fingerprint density at radius 1 is 1.19 bits per heavy atom. The number of aromatic nitrogens is 2. The number of nitrogens with zero attached hydrogens (tertiary/aromatic N) is 2. The van der Waals surface area contributed by atoms with E-state index < -0.39 is 5.60 Å². The summed E-state index contributed by atoms with van der Waals surface area (Å²) in [5.41, 5.74) is 2.13. The molecule has 1 aliphatic carbocycles. The first-order chi connectivity index (χ1) is 12.5. The van der Waals surface area contributed by atoms with Gasteiger partial charge in [-0.1, -0.05) is 25.1 Å². The Morgan fingerprint density at radius 2 is 2.00 bits per heavy atom. The number of ketones is 1. The van der Waals surface area contributed by atoms with Gasteiger partial charge in [0.05, 0.1) is 23.4 Å². The van der Waals surface area contributed by atoms with Crippen molar-refractivity contribution < 1.29 is 9.90 Å². The largest absolute Gasteiger partial charge is 0.377 e. The zero-order valence-corrected chi connectivity index (χ0v) is 14.2. The van der Waals surface area contributed by atoms with Crippen molar-refractivity contribution in [3.05, 3.63) is 69.5 Å². The van der Waals surface area contributed by atoms with Crippen LogP contribution < -0.4 is 5.56 Å². The summed E-state index contributed by atoms with van der Waals surface area (Å²) in [5.74, 6) is -0.387. The number of rotatable bonds is 1. The molecule has 1 aliphatic heterocycles. The fraction of sp³-hybridized carbons (Fsp3) is 0.190. The van der Waals surface area contributed by atoms with Crippen molar-refractivity contribution in [3.63, 3.8) is 0 Å². The maximum atomic E-state index is 13.0. The van der Waals surface area contributed by atoms with E-state index in [1.807, 2.05) is 24.3 Å². The van der Waals surface area contributed by atoms with Gasteiger partial charge in [0.25, 0.3) is 5.56 Å². The summed E-state index contributed by atoms with van der Waals surface area (Å²) >= 11 is 0. The van der Waals surface area contributed by atoms with Gasteiger partial charge in [-0.3, -0.25) is 9.59 Å². The first-order valence-corrected chi connectivity index (χ1v) is 8.65. The molecule has 1 N–H and O–H groups in total. The van der Waals surface area contributed by atoms with Crippen molar-refractivity contribution in [3.8, 4) is 11.4 Å². The minimum absolute atomic E-state index is 0.199. The lowest BCUT2D eigenvalue weighted by atomic mass is 9.80. The van der Waals surface area contributed by atoms with Gasteiger partial charge in [-0.25, -0.2) is 4.98 Å². The topological polar surface area (TPSA) is 72.2 Å². The SMILES string of the molecule is CC[C@]1(O)C(=O)C=Cc2c1cc1n(c2=O)Cc2cc3ccccc3nc2-1. The quantitative estimate of drug-likeness (QED) is 0.576. The van der Waals surface area contributed by atoms with Gasteiger partial charge in [0.2, 0.25) is 0 Å². The lowest BCUT2D eigenvalue weighted by molar-refractivity contribution is -0.133. The van der Waals surface area contributed by atoms with E-state index >= 15 is 0 Å². The van der Waals surface area contributed by atoms with Crippen LogP contribution in [-0.4, -0.2) is 20.4 Å². The summed E-state index contributed by atoms with van der Waals surface area (Å²) in [6, 6.07) is 11.6. The predicted octanol–water partition coefficient (Wildman–Crippen LogP) is 2.62. The van der Waals surface area contributed by atoms with E-state index in [9.17, 15) is 14.7 Å². The van der Waals surface area contributed by atoms with Gasteiger partial charge in [0, 0.05) is 22.1 Å². The number of carbonyl (C=O) groups excluding carboxylic acids is 1. The van der Waals surface area contributed by atoms with E-state index in [4.69, 9.17) is 4.98 Å². The van der Waals surface area contributed by atoms with E-state index in [-0.39, 0.29) is 17.8 Å². The minimum Gasteiger partial charge on any atom is -0.377 e. The summed E-state index contributed by atoms with van der Waals surface area (Å²) < 4.78 is 1.67. The van der Waals surface area contributed by atoms with Crippen molar-refractivity contribution in [1.82, 2.24) is 9.55 Å². The number of benzene rings is 1. The fourth-order valence-corrected chi connectivity index (χ4v) is 3.99. The predicted molar refractivity (Wildman–Crippen MR) is 98.8 cm³/mol. The summed E-state index contributed by atoms with van der Waals surface area (Å²) in [6.45, 7) is 2.19. The molecule has 5 rings (SSSR count). The molecule has 3 heterocycles. The average molecular weight is 344 g/mol. The van der Waals surface area contributed by atoms with Crippen LogP contribution in [0.25, 0.3) is 28.4 Å². The van der Waals surface area contributed by atoms with Gasteiger partial charge in [-0.15, -0.1) is 0 Å². The Kier molecular flexibility index (Phi) is 2.92. The molecule has 0 fully saturated rings. The zero-order valence-electron chi connectivity index (χ0n) is 14.2. The van der Waals surface area contributed by atoms with Crippen LogP contribution in [0.4, 0.5) is 0 Å². The second-order valence-electron chi connectivity index (χ2n) is 6.85. The van der Waals surface area contributed by atoms with Crippen molar-refractivity contribution in [2.24, 2.45) is 0 Å². The molecule has 5 heteroatoms. The average Bonchev–Trinajstić information content (AvgIpc) is 3.01. The summed E-state index contributed by atoms with van der Waals surface area (Å²) in [7, 11) is 0. The van der Waals surface area contributed by atoms with E-state index in [1.165, 1.54) is 12.2 Å². The number of aliphatic hydroxyl groups is 1. The second kappa shape index (κ2) is 4.99. The van der Waals surface area contributed by atoms with E-state index in [0.717, 1.165) is 22.2 Å². The van der Waals surface area contributed by atoms with Gasteiger partial charge in [-0.2, -0.15) is 0 Å². The molecule has 0 radical (unpaired) electrons. The second-order valence-corrected chi connectivity index (χ2v) is 6.85. The monoisotopic (exact) mass is 344 g/mol. The first-order valence-electron chi connectivity index (χ1n) is 8.65. The third kappa shape index (κ3) is 1.81. The van der Waals surface area contributed by atoms with Gasteiger partial charge in [-0.05, 0) is 36.8 Å². The van der Waals surface area contributed by atoms with Crippen LogP contribution in [0.2, 0.25) is 0 Å². The maximum Gasteiger partial charge on any atom is 0.259 e. The number of pyridine rings is 2. The number of hydrogen-bond acceptors (Lipinski definition) is 4. The van der Waals surface area contributed by atoms with Crippen LogP contribution in [0.5, 0.6) is 0 Å². The van der Waals surface area contributed by atoms with E-state index in [2.05, 4.69) is 6.07 Å². The molecule has 26 heavy (non-hydrogen) atoms. The molecule has 1 atom stereocenters.